The zero-order valence-electron chi connectivity index (χ0n) is 21.4. The summed E-state index contributed by atoms with van der Waals surface area (Å²) in [7, 11) is -1.81. The maximum absolute atomic E-state index is 13.6. The Bertz CT molecular complexity index is 1390. The highest BCUT2D eigenvalue weighted by molar-refractivity contribution is 7.89. The van der Waals surface area contributed by atoms with Crippen LogP contribution >= 0.6 is 11.6 Å². The average molecular weight is 544 g/mol. The highest BCUT2D eigenvalue weighted by Gasteiger charge is 2.31. The van der Waals surface area contributed by atoms with Gasteiger partial charge in [-0.05, 0) is 72.5 Å². The molecule has 2 atom stereocenters. The Kier molecular flexibility index (Phi) is 8.41. The van der Waals surface area contributed by atoms with Gasteiger partial charge in [0.15, 0.2) is 0 Å². The van der Waals surface area contributed by atoms with Gasteiger partial charge in [-0.3, -0.25) is 4.99 Å². The van der Waals surface area contributed by atoms with Gasteiger partial charge in [-0.15, -0.1) is 0 Å². The monoisotopic (exact) mass is 543 g/mol. The predicted octanol–water partition coefficient (Wildman–Crippen LogP) is 2.93. The minimum atomic E-state index is -3.82. The number of piperidine rings is 1. The molecular formula is C26H32BClFN5O2S. The van der Waals surface area contributed by atoms with Crippen LogP contribution in [0.3, 0.4) is 0 Å². The highest BCUT2D eigenvalue weighted by atomic mass is 35.5. The number of hydrogen-bond donors (Lipinski definition) is 1. The van der Waals surface area contributed by atoms with Crippen LogP contribution in [0.1, 0.15) is 25.5 Å². The maximum Gasteiger partial charge on any atom is 0.243 e. The number of allylic oxidation sites excluding steroid dienone is 1. The van der Waals surface area contributed by atoms with Gasteiger partial charge in [0.25, 0.3) is 0 Å². The molecule has 1 aromatic heterocycles. The lowest BCUT2D eigenvalue weighted by Gasteiger charge is -2.32. The van der Waals surface area contributed by atoms with Gasteiger partial charge in [0.1, 0.15) is 19.5 Å². The zero-order valence-corrected chi connectivity index (χ0v) is 23.0. The molecule has 1 N–H and O–H groups in total. The van der Waals surface area contributed by atoms with Gasteiger partial charge in [-0.2, -0.15) is 9.40 Å². The standard InChI is InChI=1S/C26H32BClFN5O2S/c1-17-9-20(13-30-12-17)14-31-26(34-19(3)23(27)15-32-34)10-18(2)21-5-4-8-33(16-21)37(35,36)22-6-7-25(29)24(28)11-22/h6-7,9-11,13,15,17,21,31H,2,4-5,8,12,14,16,27H2,1,3H3/b26-10-. The van der Waals surface area contributed by atoms with E-state index in [1.54, 1.807) is 0 Å². The molecule has 1 fully saturated rings. The number of sulfonamides is 1. The van der Waals surface area contributed by atoms with Gasteiger partial charge >= 0.3 is 0 Å². The van der Waals surface area contributed by atoms with Gasteiger partial charge in [-0.1, -0.05) is 31.2 Å². The maximum atomic E-state index is 13.6. The minimum absolute atomic E-state index is 0.0117. The van der Waals surface area contributed by atoms with Crippen molar-refractivity contribution in [1.82, 2.24) is 19.4 Å². The van der Waals surface area contributed by atoms with Crippen LogP contribution in [-0.4, -0.2) is 62.7 Å². The third-order valence-electron chi connectivity index (χ3n) is 6.87. The Balaban J connectivity index is 1.55. The lowest BCUT2D eigenvalue weighted by molar-refractivity contribution is 0.295. The summed E-state index contributed by atoms with van der Waals surface area (Å²) >= 11 is 5.85. The molecule has 0 aliphatic carbocycles. The fourth-order valence-electron chi connectivity index (χ4n) is 4.56. The molecule has 0 radical (unpaired) electrons. The Morgan fingerprint density at radius 2 is 2.19 bits per heavy atom. The highest BCUT2D eigenvalue weighted by Crippen LogP contribution is 2.30. The lowest BCUT2D eigenvalue weighted by atomic mass is 9.92. The van der Waals surface area contributed by atoms with Crippen molar-refractivity contribution in [2.24, 2.45) is 16.8 Å². The van der Waals surface area contributed by atoms with Crippen molar-refractivity contribution in [1.29, 1.82) is 0 Å². The van der Waals surface area contributed by atoms with Crippen LogP contribution in [0.5, 0.6) is 0 Å². The lowest BCUT2D eigenvalue weighted by Crippen LogP contribution is -2.40. The molecule has 0 spiro atoms. The first-order valence-corrected chi connectivity index (χ1v) is 14.2. The van der Waals surface area contributed by atoms with E-state index in [9.17, 15) is 12.8 Å². The van der Waals surface area contributed by atoms with E-state index < -0.39 is 15.8 Å². The van der Waals surface area contributed by atoms with E-state index in [2.05, 4.69) is 35.0 Å². The first-order valence-electron chi connectivity index (χ1n) is 12.4. The van der Waals surface area contributed by atoms with Gasteiger partial charge < -0.3 is 5.32 Å². The van der Waals surface area contributed by atoms with E-state index >= 15 is 0 Å². The first-order chi connectivity index (χ1) is 17.6. The Hall–Kier alpha value is -2.69. The van der Waals surface area contributed by atoms with Crippen molar-refractivity contribution in [3.63, 3.8) is 0 Å². The summed E-state index contributed by atoms with van der Waals surface area (Å²) in [5.41, 5.74) is 3.99. The third-order valence-corrected chi connectivity index (χ3v) is 9.02. The number of benzene rings is 1. The summed E-state index contributed by atoms with van der Waals surface area (Å²) < 4.78 is 43.4. The molecule has 11 heteroatoms. The fraction of sp³-hybridized carbons (Fsp3) is 0.385. The summed E-state index contributed by atoms with van der Waals surface area (Å²) in [4.78, 5) is 4.42. The van der Waals surface area contributed by atoms with Crippen molar-refractivity contribution in [2.45, 2.75) is 31.6 Å². The number of nitrogens with zero attached hydrogens (tertiary/aromatic N) is 4. The largest absolute Gasteiger partial charge is 0.366 e. The molecule has 1 saturated heterocycles. The molecule has 2 unspecified atom stereocenters. The normalized spacial score (nSPS) is 21.1. The van der Waals surface area contributed by atoms with E-state index in [-0.39, 0.29) is 22.4 Å². The van der Waals surface area contributed by atoms with Crippen LogP contribution in [0.15, 0.2) is 64.2 Å². The summed E-state index contributed by atoms with van der Waals surface area (Å²) in [6.45, 7) is 10.5. The molecule has 1 aromatic carbocycles. The molecular weight excluding hydrogens is 512 g/mol. The predicted molar refractivity (Wildman–Crippen MR) is 150 cm³/mol. The fourth-order valence-corrected chi connectivity index (χ4v) is 6.35. The summed E-state index contributed by atoms with van der Waals surface area (Å²) in [5.74, 6) is 0.436. The quantitative estimate of drug-likeness (QED) is 0.410. The third kappa shape index (κ3) is 6.25. The second-order valence-corrected chi connectivity index (χ2v) is 12.1. The van der Waals surface area contributed by atoms with Gasteiger partial charge in [0, 0.05) is 44.3 Å². The number of aliphatic imine (C=N–C) groups is 1. The van der Waals surface area contributed by atoms with Gasteiger partial charge in [-0.25, -0.2) is 17.5 Å². The Labute approximate surface area is 224 Å². The van der Waals surface area contributed by atoms with Crippen LogP contribution < -0.4 is 10.8 Å². The summed E-state index contributed by atoms with van der Waals surface area (Å²) in [5, 5.41) is 7.82. The first kappa shape index (κ1) is 27.4. The summed E-state index contributed by atoms with van der Waals surface area (Å²) in [6, 6.07) is 3.50. The number of hydrogen-bond acceptors (Lipinski definition) is 5. The van der Waals surface area contributed by atoms with Gasteiger partial charge in [0.2, 0.25) is 10.0 Å². The van der Waals surface area contributed by atoms with Crippen LogP contribution in [0.2, 0.25) is 5.02 Å². The smallest absolute Gasteiger partial charge is 0.243 e. The number of dihydropyridines is 1. The minimum Gasteiger partial charge on any atom is -0.366 e. The molecule has 196 valence electrons. The van der Waals surface area contributed by atoms with Gasteiger partial charge in [0.05, 0.1) is 9.92 Å². The number of nitrogens with one attached hydrogen (secondary N) is 1. The molecule has 7 nitrogen and oxygen atoms in total. The van der Waals surface area contributed by atoms with Crippen molar-refractivity contribution in [3.05, 3.63) is 70.8 Å². The molecule has 0 bridgehead atoms. The van der Waals surface area contributed by atoms with Crippen molar-refractivity contribution < 1.29 is 12.8 Å². The van der Waals surface area contributed by atoms with Crippen molar-refractivity contribution in [2.75, 3.05) is 26.2 Å². The van der Waals surface area contributed by atoms with E-state index in [1.165, 1.54) is 16.4 Å². The Morgan fingerprint density at radius 1 is 1.41 bits per heavy atom. The molecule has 3 heterocycles. The van der Waals surface area contributed by atoms with Crippen LogP contribution in [0, 0.1) is 24.6 Å². The van der Waals surface area contributed by atoms with Crippen LogP contribution in [0.25, 0.3) is 5.82 Å². The van der Waals surface area contributed by atoms with E-state index in [1.807, 2.05) is 37.9 Å². The van der Waals surface area contributed by atoms with E-state index in [0.717, 1.165) is 47.2 Å². The molecule has 4 rings (SSSR count). The zero-order chi connectivity index (χ0) is 26.7. The molecule has 2 aliphatic rings. The molecule has 37 heavy (non-hydrogen) atoms. The second kappa shape index (κ2) is 11.4. The SMILES string of the molecule is Bc1cnn(/C(=C\C(=C)C2CCCN(S(=O)(=O)c3ccc(F)c(Cl)c3)C2)NCC2=CC(C)CN=C2)c1C. The Morgan fingerprint density at radius 3 is 2.86 bits per heavy atom. The summed E-state index contributed by atoms with van der Waals surface area (Å²) in [6.07, 6.45) is 9.38. The molecule has 2 aliphatic heterocycles. The van der Waals surface area contributed by atoms with Crippen molar-refractivity contribution >= 4 is 47.0 Å². The average Bonchev–Trinajstić information content (AvgIpc) is 3.21. The number of aromatic nitrogens is 2. The van der Waals surface area contributed by atoms with E-state index in [4.69, 9.17) is 11.6 Å². The number of rotatable bonds is 8. The van der Waals surface area contributed by atoms with E-state index in [0.29, 0.717) is 25.4 Å². The van der Waals surface area contributed by atoms with Crippen LogP contribution in [-0.2, 0) is 10.0 Å². The number of halogens is 2. The molecule has 0 saturated carbocycles. The van der Waals surface area contributed by atoms with Crippen LogP contribution in [0.4, 0.5) is 4.39 Å². The molecule has 2 aromatic rings. The second-order valence-electron chi connectivity index (χ2n) is 9.77. The molecule has 0 amide bonds. The topological polar surface area (TPSA) is 79.6 Å². The van der Waals surface area contributed by atoms with Crippen molar-refractivity contribution in [3.8, 4) is 0 Å².